The number of nitrogens with one attached hydrogen (secondary N) is 1. The molecule has 1 fully saturated rings. The second-order valence-corrected chi connectivity index (χ2v) is 8.57. The number of hydrogen-bond acceptors (Lipinski definition) is 7. The molecule has 0 spiro atoms. The van der Waals surface area contributed by atoms with Gasteiger partial charge < -0.3 is 15.1 Å². The van der Waals surface area contributed by atoms with E-state index in [9.17, 15) is 5.26 Å². The zero-order chi connectivity index (χ0) is 22.1. The summed E-state index contributed by atoms with van der Waals surface area (Å²) in [5.41, 5.74) is 3.63. The average Bonchev–Trinajstić information content (AvgIpc) is 3.26. The summed E-state index contributed by atoms with van der Waals surface area (Å²) in [5.74, 6) is 1.71. The Balaban J connectivity index is 1.68. The molecule has 1 aromatic carbocycles. The molecular weight excluding hydrogens is 386 g/mol. The maximum absolute atomic E-state index is 9.37. The van der Waals surface area contributed by atoms with Gasteiger partial charge in [-0.3, -0.25) is 0 Å². The first-order valence-electron chi connectivity index (χ1n) is 10.7. The van der Waals surface area contributed by atoms with Crippen LogP contribution in [0.2, 0.25) is 0 Å². The van der Waals surface area contributed by atoms with Crippen LogP contribution in [0.3, 0.4) is 0 Å². The summed E-state index contributed by atoms with van der Waals surface area (Å²) < 4.78 is 0. The van der Waals surface area contributed by atoms with E-state index in [1.54, 1.807) is 0 Å². The van der Waals surface area contributed by atoms with Gasteiger partial charge in [0.2, 0.25) is 0 Å². The van der Waals surface area contributed by atoms with Crippen molar-refractivity contribution in [1.82, 2.24) is 20.1 Å². The summed E-state index contributed by atoms with van der Waals surface area (Å²) in [6.07, 6.45) is 3.05. The molecule has 2 atom stereocenters. The third-order valence-corrected chi connectivity index (χ3v) is 6.37. The van der Waals surface area contributed by atoms with Crippen LogP contribution in [0.4, 0.5) is 11.6 Å². The lowest BCUT2D eigenvalue weighted by Crippen LogP contribution is -2.31. The first-order valence-corrected chi connectivity index (χ1v) is 10.7. The summed E-state index contributed by atoms with van der Waals surface area (Å²) in [6.45, 7) is 8.01. The van der Waals surface area contributed by atoms with E-state index in [4.69, 9.17) is 4.98 Å². The van der Waals surface area contributed by atoms with E-state index >= 15 is 0 Å². The van der Waals surface area contributed by atoms with Gasteiger partial charge in [-0.25, -0.2) is 4.98 Å². The summed E-state index contributed by atoms with van der Waals surface area (Å²) in [6, 6.07) is 10.7. The van der Waals surface area contributed by atoms with Crippen molar-refractivity contribution in [3.05, 3.63) is 52.8 Å². The van der Waals surface area contributed by atoms with Gasteiger partial charge in [-0.1, -0.05) is 12.1 Å². The number of aryl methyl sites for hydroxylation is 1. The molecule has 31 heavy (non-hydrogen) atoms. The minimum absolute atomic E-state index is 0.0185. The van der Waals surface area contributed by atoms with Crippen LogP contribution in [0.15, 0.2) is 30.5 Å². The summed E-state index contributed by atoms with van der Waals surface area (Å²) in [4.78, 5) is 9.36. The SMILES string of the molecule is Cc1c(C#N)cccc1[C@@H](C)Nc1nnc(C)c2cnc(N3CCC(N(C)C)C3)cc12. The first kappa shape index (κ1) is 21.0. The van der Waals surface area contributed by atoms with E-state index < -0.39 is 0 Å². The van der Waals surface area contributed by atoms with Gasteiger partial charge in [0.25, 0.3) is 0 Å². The van der Waals surface area contributed by atoms with Gasteiger partial charge in [-0.15, -0.1) is 5.10 Å². The van der Waals surface area contributed by atoms with Crippen molar-refractivity contribution >= 4 is 22.4 Å². The highest BCUT2D eigenvalue weighted by atomic mass is 15.3. The predicted octanol–water partition coefficient (Wildman–Crippen LogP) is 3.83. The summed E-state index contributed by atoms with van der Waals surface area (Å²) in [5, 5.41) is 23.7. The van der Waals surface area contributed by atoms with Gasteiger partial charge in [0.1, 0.15) is 5.82 Å². The number of pyridine rings is 1. The summed E-state index contributed by atoms with van der Waals surface area (Å²) in [7, 11) is 4.27. The molecule has 1 N–H and O–H groups in total. The molecule has 160 valence electrons. The molecule has 3 heterocycles. The van der Waals surface area contributed by atoms with Gasteiger partial charge in [-0.2, -0.15) is 10.4 Å². The van der Waals surface area contributed by atoms with Crippen molar-refractivity contribution in [2.45, 2.75) is 39.3 Å². The molecule has 0 aliphatic carbocycles. The number of hydrogen-bond donors (Lipinski definition) is 1. The number of nitriles is 1. The third kappa shape index (κ3) is 4.04. The maximum Gasteiger partial charge on any atom is 0.157 e. The normalized spacial score (nSPS) is 17.2. The fraction of sp³-hybridized carbons (Fsp3) is 0.417. The summed E-state index contributed by atoms with van der Waals surface area (Å²) >= 11 is 0. The van der Waals surface area contributed by atoms with E-state index in [0.717, 1.165) is 58.7 Å². The molecule has 4 rings (SSSR count). The molecule has 0 bridgehead atoms. The van der Waals surface area contributed by atoms with E-state index in [0.29, 0.717) is 11.6 Å². The van der Waals surface area contributed by atoms with Crippen LogP contribution in [-0.2, 0) is 0 Å². The minimum Gasteiger partial charge on any atom is -0.362 e. The number of fused-ring (bicyclic) bond motifs is 1. The molecule has 7 nitrogen and oxygen atoms in total. The van der Waals surface area contributed by atoms with Crippen molar-refractivity contribution in [2.24, 2.45) is 0 Å². The lowest BCUT2D eigenvalue weighted by Gasteiger charge is -2.22. The van der Waals surface area contributed by atoms with Crippen molar-refractivity contribution in [3.63, 3.8) is 0 Å². The van der Waals surface area contributed by atoms with Crippen LogP contribution in [-0.4, -0.2) is 53.3 Å². The first-order chi connectivity index (χ1) is 14.9. The van der Waals surface area contributed by atoms with Crippen molar-refractivity contribution in [3.8, 4) is 6.07 Å². The molecule has 3 aromatic rings. The Kier molecular flexibility index (Phi) is 5.75. The quantitative estimate of drug-likeness (QED) is 0.678. The second kappa shape index (κ2) is 8.48. The largest absolute Gasteiger partial charge is 0.362 e. The Morgan fingerprint density at radius 2 is 2.03 bits per heavy atom. The number of rotatable bonds is 5. The van der Waals surface area contributed by atoms with Crippen molar-refractivity contribution < 1.29 is 0 Å². The van der Waals surface area contributed by atoms with Crippen LogP contribution in [0.1, 0.15) is 41.8 Å². The minimum atomic E-state index is -0.0185. The molecule has 2 aromatic heterocycles. The zero-order valence-corrected chi connectivity index (χ0v) is 18.8. The predicted molar refractivity (Wildman–Crippen MR) is 124 cm³/mol. The fourth-order valence-electron chi connectivity index (χ4n) is 4.34. The second-order valence-electron chi connectivity index (χ2n) is 8.57. The lowest BCUT2D eigenvalue weighted by atomic mass is 9.98. The fourth-order valence-corrected chi connectivity index (χ4v) is 4.34. The van der Waals surface area contributed by atoms with Crippen LogP contribution in [0, 0.1) is 25.2 Å². The lowest BCUT2D eigenvalue weighted by molar-refractivity contribution is 0.315. The smallest absolute Gasteiger partial charge is 0.157 e. The monoisotopic (exact) mass is 415 g/mol. The van der Waals surface area contributed by atoms with Crippen molar-refractivity contribution in [2.75, 3.05) is 37.4 Å². The van der Waals surface area contributed by atoms with E-state index in [2.05, 4.69) is 64.5 Å². The Hall–Kier alpha value is -3.24. The van der Waals surface area contributed by atoms with Gasteiger partial charge >= 0.3 is 0 Å². The number of aromatic nitrogens is 3. The van der Waals surface area contributed by atoms with Crippen molar-refractivity contribution in [1.29, 1.82) is 5.26 Å². The highest BCUT2D eigenvalue weighted by Gasteiger charge is 2.25. The van der Waals surface area contributed by atoms with Gasteiger partial charge in [0.15, 0.2) is 5.82 Å². The van der Waals surface area contributed by atoms with Crippen LogP contribution in [0.25, 0.3) is 10.8 Å². The molecule has 0 saturated carbocycles. The van der Waals surface area contributed by atoms with Crippen LogP contribution >= 0.6 is 0 Å². The van der Waals surface area contributed by atoms with Gasteiger partial charge in [-0.05, 0) is 64.5 Å². The van der Waals surface area contributed by atoms with E-state index in [-0.39, 0.29) is 6.04 Å². The van der Waals surface area contributed by atoms with Gasteiger partial charge in [0.05, 0.1) is 23.4 Å². The standard InChI is InChI=1S/C24H29N7/c1-15-18(12-25)7-6-8-20(15)16(2)27-24-21-11-23(26-13-22(21)17(3)28-29-24)31-10-9-19(14-31)30(4)5/h6-8,11,13,16,19H,9-10,14H2,1-5H3,(H,27,29)/t16-,19?/m1/s1. The molecule has 1 aliphatic rings. The Morgan fingerprint density at radius 3 is 2.74 bits per heavy atom. The van der Waals surface area contributed by atoms with Gasteiger partial charge in [0, 0.05) is 36.1 Å². The number of anilines is 2. The number of benzene rings is 1. The average molecular weight is 416 g/mol. The highest BCUT2D eigenvalue weighted by molar-refractivity contribution is 5.94. The van der Waals surface area contributed by atoms with Crippen LogP contribution in [0.5, 0.6) is 0 Å². The highest BCUT2D eigenvalue weighted by Crippen LogP contribution is 2.31. The molecule has 1 aliphatic heterocycles. The zero-order valence-electron chi connectivity index (χ0n) is 18.8. The van der Waals surface area contributed by atoms with Crippen LogP contribution < -0.4 is 10.2 Å². The number of likely N-dealkylation sites (N-methyl/N-ethyl adjacent to an activating group) is 1. The number of nitrogens with zero attached hydrogens (tertiary/aromatic N) is 6. The molecule has 0 amide bonds. The molecule has 1 unspecified atom stereocenters. The Morgan fingerprint density at radius 1 is 1.23 bits per heavy atom. The molecule has 0 radical (unpaired) electrons. The van der Waals surface area contributed by atoms with E-state index in [1.165, 1.54) is 0 Å². The maximum atomic E-state index is 9.37. The van der Waals surface area contributed by atoms with E-state index in [1.807, 2.05) is 32.2 Å². The Labute approximate surface area is 183 Å². The topological polar surface area (TPSA) is 81.0 Å². The molecule has 7 heteroatoms. The molecular formula is C24H29N7. The Bertz CT molecular complexity index is 1150. The third-order valence-electron chi connectivity index (χ3n) is 6.37. The molecule has 1 saturated heterocycles.